The fourth-order valence-electron chi connectivity index (χ4n) is 1.22. The summed E-state index contributed by atoms with van der Waals surface area (Å²) in [5.74, 6) is -0.212. The molecule has 0 saturated carbocycles. The molecule has 3 N–H and O–H groups in total. The number of carboxylic acids is 1. The van der Waals surface area contributed by atoms with Gasteiger partial charge in [-0.25, -0.2) is 0 Å². The number of benzene rings is 1. The molecule has 0 amide bonds. The van der Waals surface area contributed by atoms with E-state index < -0.39 is 12.0 Å². The molecule has 1 atom stereocenters. The molecular weight excluding hydrogens is 297 g/mol. The maximum absolute atomic E-state index is 10.5. The summed E-state index contributed by atoms with van der Waals surface area (Å²) >= 11 is 3.31. The number of ether oxygens (including phenoxy) is 1. The third-order valence-electron chi connectivity index (χ3n) is 2.00. The molecule has 0 fully saturated rings. The van der Waals surface area contributed by atoms with E-state index in [2.05, 4.69) is 15.9 Å². The smallest absolute Gasteiger partial charge is 0.305 e. The van der Waals surface area contributed by atoms with Crippen molar-refractivity contribution in [3.05, 3.63) is 28.2 Å². The van der Waals surface area contributed by atoms with E-state index in [4.69, 9.17) is 15.6 Å². The van der Waals surface area contributed by atoms with Gasteiger partial charge in [-0.15, -0.1) is 12.4 Å². The Morgan fingerprint density at radius 3 is 2.69 bits per heavy atom. The van der Waals surface area contributed by atoms with Crippen molar-refractivity contribution in [3.8, 4) is 5.75 Å². The van der Waals surface area contributed by atoms with Gasteiger partial charge in [0.1, 0.15) is 5.75 Å². The van der Waals surface area contributed by atoms with Crippen molar-refractivity contribution in [1.82, 2.24) is 0 Å². The molecule has 0 aliphatic rings. The highest BCUT2D eigenvalue weighted by molar-refractivity contribution is 9.10. The van der Waals surface area contributed by atoms with E-state index >= 15 is 0 Å². The lowest BCUT2D eigenvalue weighted by Crippen LogP contribution is -2.14. The summed E-state index contributed by atoms with van der Waals surface area (Å²) in [5, 5.41) is 8.60. The maximum Gasteiger partial charge on any atom is 0.305 e. The van der Waals surface area contributed by atoms with Crippen LogP contribution in [0.4, 0.5) is 0 Å². The van der Waals surface area contributed by atoms with E-state index in [1.807, 2.05) is 0 Å². The Bertz CT molecular complexity index is 373. The first kappa shape index (κ1) is 15.2. The second kappa shape index (κ2) is 6.73. The van der Waals surface area contributed by atoms with Gasteiger partial charge >= 0.3 is 5.97 Å². The topological polar surface area (TPSA) is 72.5 Å². The summed E-state index contributed by atoms with van der Waals surface area (Å²) in [5.41, 5.74) is 6.48. The molecule has 1 aromatic carbocycles. The van der Waals surface area contributed by atoms with Crippen LogP contribution in [0, 0.1) is 0 Å². The molecule has 6 heteroatoms. The normalized spacial score (nSPS) is 11.4. The Balaban J connectivity index is 0.00000225. The molecule has 1 unspecified atom stereocenters. The number of halogens is 2. The van der Waals surface area contributed by atoms with Crippen molar-refractivity contribution in [2.24, 2.45) is 5.73 Å². The average molecular weight is 311 g/mol. The minimum atomic E-state index is -0.908. The molecule has 0 saturated heterocycles. The van der Waals surface area contributed by atoms with Gasteiger partial charge in [0.2, 0.25) is 0 Å². The quantitative estimate of drug-likeness (QED) is 0.895. The zero-order valence-corrected chi connectivity index (χ0v) is 11.0. The summed E-state index contributed by atoms with van der Waals surface area (Å²) in [6.45, 7) is 0. The minimum Gasteiger partial charge on any atom is -0.496 e. The number of hydrogen-bond acceptors (Lipinski definition) is 3. The molecule has 4 nitrogen and oxygen atoms in total. The molecule has 0 bridgehead atoms. The van der Waals surface area contributed by atoms with Crippen molar-refractivity contribution in [2.45, 2.75) is 12.5 Å². The Labute approximate surface area is 108 Å². The molecule has 0 aliphatic carbocycles. The fraction of sp³-hybridized carbons (Fsp3) is 0.300. The molecule has 90 valence electrons. The number of carbonyl (C=O) groups is 1. The van der Waals surface area contributed by atoms with Gasteiger partial charge < -0.3 is 15.6 Å². The maximum atomic E-state index is 10.5. The van der Waals surface area contributed by atoms with Crippen LogP contribution in [0.1, 0.15) is 18.0 Å². The second-order valence-electron chi connectivity index (χ2n) is 3.10. The highest BCUT2D eigenvalue weighted by Crippen LogP contribution is 2.28. The first-order valence-electron chi connectivity index (χ1n) is 4.35. The van der Waals surface area contributed by atoms with Crippen molar-refractivity contribution in [1.29, 1.82) is 0 Å². The van der Waals surface area contributed by atoms with Crippen LogP contribution in [0.25, 0.3) is 0 Å². The largest absolute Gasteiger partial charge is 0.496 e. The Morgan fingerprint density at radius 2 is 2.25 bits per heavy atom. The van der Waals surface area contributed by atoms with Gasteiger partial charge in [-0.2, -0.15) is 0 Å². The van der Waals surface area contributed by atoms with Crippen LogP contribution in [0.3, 0.4) is 0 Å². The van der Waals surface area contributed by atoms with Gasteiger partial charge in [-0.3, -0.25) is 4.79 Å². The van der Waals surface area contributed by atoms with Crippen molar-refractivity contribution in [2.75, 3.05) is 7.11 Å². The van der Waals surface area contributed by atoms with E-state index in [0.717, 1.165) is 10.0 Å². The average Bonchev–Trinajstić information content (AvgIpc) is 2.16. The van der Waals surface area contributed by atoms with Gasteiger partial charge in [-0.1, -0.05) is 6.07 Å². The van der Waals surface area contributed by atoms with Crippen molar-refractivity contribution in [3.63, 3.8) is 0 Å². The second-order valence-corrected chi connectivity index (χ2v) is 3.95. The predicted octanol–water partition coefficient (Wildman–Crippen LogP) is 2.35. The van der Waals surface area contributed by atoms with E-state index in [9.17, 15) is 4.79 Å². The zero-order chi connectivity index (χ0) is 11.4. The van der Waals surface area contributed by atoms with Gasteiger partial charge in [0.05, 0.1) is 18.0 Å². The Hall–Kier alpha value is -0.780. The molecule has 0 aromatic heterocycles. The van der Waals surface area contributed by atoms with Crippen LogP contribution in [0.2, 0.25) is 0 Å². The van der Waals surface area contributed by atoms with Gasteiger partial charge in [0, 0.05) is 6.04 Å². The number of methoxy groups -OCH3 is 1. The van der Waals surface area contributed by atoms with Crippen LogP contribution in [-0.4, -0.2) is 18.2 Å². The third kappa shape index (κ3) is 4.00. The standard InChI is InChI=1S/C10H12BrNO3.ClH/c1-15-9-3-2-6(4-7(9)11)8(12)5-10(13)14;/h2-4,8H,5,12H2,1H3,(H,13,14);1H. The van der Waals surface area contributed by atoms with Gasteiger partial charge in [0.25, 0.3) is 0 Å². The zero-order valence-electron chi connectivity index (χ0n) is 8.64. The lowest BCUT2D eigenvalue weighted by Gasteiger charge is -2.11. The Kier molecular flexibility index (Phi) is 6.40. The predicted molar refractivity (Wildman–Crippen MR) is 67.1 cm³/mol. The summed E-state index contributed by atoms with van der Waals surface area (Å²) in [4.78, 5) is 10.5. The molecule has 1 rings (SSSR count). The number of carboxylic acid groups (broad SMARTS) is 1. The molecule has 0 aliphatic heterocycles. The number of hydrogen-bond donors (Lipinski definition) is 2. The van der Waals surface area contributed by atoms with Crippen molar-refractivity contribution >= 4 is 34.3 Å². The molecule has 0 spiro atoms. The number of aliphatic carboxylic acids is 1. The molecular formula is C10H13BrClNO3. The van der Waals surface area contributed by atoms with Crippen LogP contribution in [-0.2, 0) is 4.79 Å². The minimum absolute atomic E-state index is 0. The summed E-state index contributed by atoms with van der Waals surface area (Å²) in [6, 6.07) is 4.79. The highest BCUT2D eigenvalue weighted by atomic mass is 79.9. The first-order valence-corrected chi connectivity index (χ1v) is 5.14. The first-order chi connectivity index (χ1) is 7.04. The van der Waals surface area contributed by atoms with Crippen LogP contribution in [0.15, 0.2) is 22.7 Å². The van der Waals surface area contributed by atoms with Crippen molar-refractivity contribution < 1.29 is 14.6 Å². The third-order valence-corrected chi connectivity index (χ3v) is 2.62. The van der Waals surface area contributed by atoms with E-state index in [1.54, 1.807) is 25.3 Å². The monoisotopic (exact) mass is 309 g/mol. The van der Waals surface area contributed by atoms with Gasteiger partial charge in [0.15, 0.2) is 0 Å². The van der Waals surface area contributed by atoms with Crippen LogP contribution < -0.4 is 10.5 Å². The Morgan fingerprint density at radius 1 is 1.62 bits per heavy atom. The number of rotatable bonds is 4. The van der Waals surface area contributed by atoms with E-state index in [0.29, 0.717) is 5.75 Å². The van der Waals surface area contributed by atoms with Crippen LogP contribution in [0.5, 0.6) is 5.75 Å². The lowest BCUT2D eigenvalue weighted by molar-refractivity contribution is -0.137. The number of nitrogens with two attached hydrogens (primary N) is 1. The van der Waals surface area contributed by atoms with Crippen LogP contribution >= 0.6 is 28.3 Å². The van der Waals surface area contributed by atoms with Gasteiger partial charge in [-0.05, 0) is 33.6 Å². The van der Waals surface area contributed by atoms with E-state index in [1.165, 1.54) is 0 Å². The molecule has 0 heterocycles. The summed E-state index contributed by atoms with van der Waals surface area (Å²) in [7, 11) is 1.57. The highest BCUT2D eigenvalue weighted by Gasteiger charge is 2.12. The molecule has 16 heavy (non-hydrogen) atoms. The molecule has 1 aromatic rings. The SMILES string of the molecule is COc1ccc(C(N)CC(=O)O)cc1Br.Cl. The summed E-state index contributed by atoms with van der Waals surface area (Å²) < 4.78 is 5.82. The fourth-order valence-corrected chi connectivity index (χ4v) is 1.78. The van der Waals surface area contributed by atoms with E-state index in [-0.39, 0.29) is 18.8 Å². The lowest BCUT2D eigenvalue weighted by atomic mass is 10.0. The molecule has 0 radical (unpaired) electrons. The summed E-state index contributed by atoms with van der Waals surface area (Å²) in [6.07, 6.45) is -0.0846.